The average Bonchev–Trinajstić information content (AvgIpc) is 3.46. The van der Waals surface area contributed by atoms with Crippen LogP contribution < -0.4 is 10.6 Å². The number of rotatable bonds is 6. The van der Waals surface area contributed by atoms with Crippen molar-refractivity contribution in [1.29, 1.82) is 0 Å². The molecule has 0 saturated heterocycles. The van der Waals surface area contributed by atoms with Crippen LogP contribution in [0.3, 0.4) is 0 Å². The number of fused-ring (bicyclic) bond motifs is 1. The number of nitrogens with one attached hydrogen (secondary N) is 2. The van der Waals surface area contributed by atoms with E-state index in [0.717, 1.165) is 11.1 Å². The molecule has 0 spiro atoms. The van der Waals surface area contributed by atoms with Gasteiger partial charge in [0.15, 0.2) is 0 Å². The van der Waals surface area contributed by atoms with Crippen LogP contribution in [0, 0.1) is 0 Å². The summed E-state index contributed by atoms with van der Waals surface area (Å²) in [5.74, 6) is -0.414. The van der Waals surface area contributed by atoms with E-state index in [-0.39, 0.29) is 24.7 Å². The highest BCUT2D eigenvalue weighted by atomic mass is 35.5. The highest BCUT2D eigenvalue weighted by Gasteiger charge is 2.26. The minimum atomic E-state index is -0.713. The zero-order valence-electron chi connectivity index (χ0n) is 14.7. The molecule has 1 fully saturated rings. The third-order valence-electron chi connectivity index (χ3n) is 4.15. The Balaban J connectivity index is 0.000000732. The number of amides is 3. The second-order valence-corrected chi connectivity index (χ2v) is 7.15. The molecule has 1 saturated carbocycles. The van der Waals surface area contributed by atoms with E-state index in [0.29, 0.717) is 29.5 Å². The summed E-state index contributed by atoms with van der Waals surface area (Å²) in [6.45, 7) is 0.938. The van der Waals surface area contributed by atoms with Gasteiger partial charge in [-0.05, 0) is 29.7 Å². The summed E-state index contributed by atoms with van der Waals surface area (Å²) in [5, 5.41) is 5.80. The SMILES string of the molecule is C1CC1.CNC(=O)C(CCC(=O)N1Cc2cc(Cl)c(Cl)cc2C1)NC=O. The Morgan fingerprint density at radius 3 is 2.12 bits per heavy atom. The van der Waals surface area contributed by atoms with Gasteiger partial charge in [-0.2, -0.15) is 0 Å². The molecule has 142 valence electrons. The van der Waals surface area contributed by atoms with Crippen LogP contribution in [-0.4, -0.2) is 36.2 Å². The van der Waals surface area contributed by atoms with E-state index in [1.807, 2.05) is 0 Å². The molecule has 1 unspecified atom stereocenters. The molecule has 3 rings (SSSR count). The quantitative estimate of drug-likeness (QED) is 0.721. The first kappa shape index (κ1) is 20.5. The predicted molar refractivity (Wildman–Crippen MR) is 101 cm³/mol. The van der Waals surface area contributed by atoms with Gasteiger partial charge in [-0.15, -0.1) is 0 Å². The summed E-state index contributed by atoms with van der Waals surface area (Å²) in [6.07, 6.45) is 5.36. The van der Waals surface area contributed by atoms with Crippen molar-refractivity contribution >= 4 is 41.4 Å². The van der Waals surface area contributed by atoms with Crippen molar-refractivity contribution in [3.8, 4) is 0 Å². The third kappa shape index (κ3) is 5.88. The van der Waals surface area contributed by atoms with Crippen LogP contribution in [0.25, 0.3) is 0 Å². The van der Waals surface area contributed by atoms with Gasteiger partial charge in [-0.3, -0.25) is 14.4 Å². The summed E-state index contributed by atoms with van der Waals surface area (Å²) in [4.78, 5) is 36.1. The molecule has 1 aliphatic heterocycles. The fourth-order valence-electron chi connectivity index (χ4n) is 2.54. The Morgan fingerprint density at radius 1 is 1.15 bits per heavy atom. The number of benzene rings is 1. The average molecular weight is 400 g/mol. The lowest BCUT2D eigenvalue weighted by Gasteiger charge is -2.18. The molecular weight excluding hydrogens is 377 g/mol. The maximum Gasteiger partial charge on any atom is 0.242 e. The zero-order valence-corrected chi connectivity index (χ0v) is 16.2. The molecule has 1 aromatic carbocycles. The Morgan fingerprint density at radius 2 is 1.69 bits per heavy atom. The minimum absolute atomic E-state index is 0.0879. The Hall–Kier alpha value is -1.79. The van der Waals surface area contributed by atoms with E-state index in [1.54, 1.807) is 17.0 Å². The molecule has 0 aromatic heterocycles. The zero-order chi connectivity index (χ0) is 19.1. The topological polar surface area (TPSA) is 78.5 Å². The van der Waals surface area contributed by atoms with Crippen molar-refractivity contribution in [2.24, 2.45) is 0 Å². The van der Waals surface area contributed by atoms with Gasteiger partial charge in [-0.1, -0.05) is 42.5 Å². The standard InChI is InChI=1S/C15H17Cl2N3O3.C3H6/c1-18-15(23)13(19-8-21)2-3-14(22)20-6-9-4-11(16)12(17)5-10(9)7-20;1-2-3-1/h4-5,8,13H,2-3,6-7H2,1H3,(H,18,23)(H,19,21);1-3H2. The van der Waals surface area contributed by atoms with Crippen molar-refractivity contribution in [2.45, 2.75) is 51.2 Å². The summed E-state index contributed by atoms with van der Waals surface area (Å²) >= 11 is 12.0. The highest BCUT2D eigenvalue weighted by molar-refractivity contribution is 6.42. The molecule has 3 amide bonds. The fraction of sp³-hybridized carbons (Fsp3) is 0.500. The minimum Gasteiger partial charge on any atom is -0.357 e. The van der Waals surface area contributed by atoms with Crippen LogP contribution in [0.15, 0.2) is 12.1 Å². The molecular formula is C18H23Cl2N3O3. The Bertz CT molecular complexity index is 646. The second kappa shape index (κ2) is 9.78. The molecule has 1 atom stereocenters. The number of carbonyl (C=O) groups is 3. The smallest absolute Gasteiger partial charge is 0.242 e. The Kier molecular flexibility index (Phi) is 7.72. The number of halogens is 2. The number of carbonyl (C=O) groups excluding carboxylic acids is 3. The molecule has 26 heavy (non-hydrogen) atoms. The van der Waals surface area contributed by atoms with Gasteiger partial charge in [0.1, 0.15) is 6.04 Å². The maximum atomic E-state index is 12.3. The first-order valence-electron chi connectivity index (χ1n) is 8.62. The number of likely N-dealkylation sites (N-methyl/N-ethyl adjacent to an activating group) is 1. The number of hydrogen-bond donors (Lipinski definition) is 2. The molecule has 1 heterocycles. The molecule has 2 aliphatic rings. The summed E-state index contributed by atoms with van der Waals surface area (Å²) in [7, 11) is 1.48. The molecule has 6 nitrogen and oxygen atoms in total. The monoisotopic (exact) mass is 399 g/mol. The van der Waals surface area contributed by atoms with E-state index >= 15 is 0 Å². The van der Waals surface area contributed by atoms with E-state index in [4.69, 9.17) is 23.2 Å². The van der Waals surface area contributed by atoms with Crippen molar-refractivity contribution in [1.82, 2.24) is 15.5 Å². The summed E-state index contributed by atoms with van der Waals surface area (Å²) in [6, 6.07) is 2.83. The van der Waals surface area contributed by atoms with Gasteiger partial charge < -0.3 is 15.5 Å². The summed E-state index contributed by atoms with van der Waals surface area (Å²) in [5.41, 5.74) is 1.95. The Labute approximate surface area is 163 Å². The normalized spacial score (nSPS) is 15.3. The van der Waals surface area contributed by atoms with Gasteiger partial charge in [0, 0.05) is 26.6 Å². The van der Waals surface area contributed by atoms with Crippen molar-refractivity contribution < 1.29 is 14.4 Å². The number of hydrogen-bond acceptors (Lipinski definition) is 3. The lowest BCUT2D eigenvalue weighted by Crippen LogP contribution is -2.43. The molecule has 0 bridgehead atoms. The third-order valence-corrected chi connectivity index (χ3v) is 4.87. The van der Waals surface area contributed by atoms with Gasteiger partial charge in [0.2, 0.25) is 18.2 Å². The van der Waals surface area contributed by atoms with Crippen molar-refractivity contribution in [2.75, 3.05) is 7.05 Å². The molecule has 2 N–H and O–H groups in total. The van der Waals surface area contributed by atoms with Gasteiger partial charge in [0.05, 0.1) is 10.0 Å². The van der Waals surface area contributed by atoms with E-state index in [2.05, 4.69) is 10.6 Å². The van der Waals surface area contributed by atoms with Gasteiger partial charge in [0.25, 0.3) is 0 Å². The fourth-order valence-corrected chi connectivity index (χ4v) is 2.91. The number of nitrogens with zero attached hydrogens (tertiary/aromatic N) is 1. The highest BCUT2D eigenvalue weighted by Crippen LogP contribution is 2.31. The van der Waals surface area contributed by atoms with Crippen LogP contribution in [0.2, 0.25) is 10.0 Å². The van der Waals surface area contributed by atoms with Crippen LogP contribution in [0.1, 0.15) is 43.2 Å². The van der Waals surface area contributed by atoms with Crippen LogP contribution in [-0.2, 0) is 27.5 Å². The van der Waals surface area contributed by atoms with Gasteiger partial charge in [-0.25, -0.2) is 0 Å². The second-order valence-electron chi connectivity index (χ2n) is 6.34. The molecule has 1 aliphatic carbocycles. The largest absolute Gasteiger partial charge is 0.357 e. The lowest BCUT2D eigenvalue weighted by molar-refractivity contribution is -0.132. The summed E-state index contributed by atoms with van der Waals surface area (Å²) < 4.78 is 0. The van der Waals surface area contributed by atoms with Gasteiger partial charge >= 0.3 is 0 Å². The first-order valence-corrected chi connectivity index (χ1v) is 9.37. The molecule has 0 radical (unpaired) electrons. The van der Waals surface area contributed by atoms with Crippen LogP contribution in [0.4, 0.5) is 0 Å². The van der Waals surface area contributed by atoms with Crippen LogP contribution in [0.5, 0.6) is 0 Å². The van der Waals surface area contributed by atoms with E-state index in [9.17, 15) is 14.4 Å². The van der Waals surface area contributed by atoms with Crippen molar-refractivity contribution in [3.05, 3.63) is 33.3 Å². The van der Waals surface area contributed by atoms with Crippen LogP contribution >= 0.6 is 23.2 Å². The lowest BCUT2D eigenvalue weighted by atomic mass is 10.1. The van der Waals surface area contributed by atoms with Crippen molar-refractivity contribution in [3.63, 3.8) is 0 Å². The maximum absolute atomic E-state index is 12.3. The molecule has 1 aromatic rings. The van der Waals surface area contributed by atoms with E-state index < -0.39 is 6.04 Å². The van der Waals surface area contributed by atoms with E-state index in [1.165, 1.54) is 26.3 Å². The molecule has 8 heteroatoms. The predicted octanol–water partition coefficient (Wildman–Crippen LogP) is 2.65. The first-order chi connectivity index (χ1) is 12.5.